The van der Waals surface area contributed by atoms with Gasteiger partial charge in [0.05, 0.1) is 6.61 Å². The van der Waals surface area contributed by atoms with Crippen molar-refractivity contribution in [2.45, 2.75) is 6.61 Å². The van der Waals surface area contributed by atoms with Gasteiger partial charge in [-0.1, -0.05) is 18.2 Å². The van der Waals surface area contributed by atoms with Gasteiger partial charge in [0.15, 0.2) is 0 Å². The number of nitrogens with zero attached hydrogens (tertiary/aromatic N) is 1. The number of pyridine rings is 1. The number of carbonyl (C=O) groups is 1. The minimum atomic E-state index is -0.615. The topological polar surface area (TPSA) is 85.4 Å². The lowest BCUT2D eigenvalue weighted by Crippen LogP contribution is -2.12. The lowest BCUT2D eigenvalue weighted by atomic mass is 10.2. The van der Waals surface area contributed by atoms with Crippen molar-refractivity contribution >= 4 is 5.91 Å². The third-order valence-corrected chi connectivity index (χ3v) is 2.35. The molecule has 0 aliphatic heterocycles. The Morgan fingerprint density at radius 2 is 2.11 bits per heavy atom. The Hall–Kier alpha value is -2.40. The Morgan fingerprint density at radius 3 is 2.83 bits per heavy atom. The number of aromatic nitrogens is 1. The van der Waals surface area contributed by atoms with E-state index in [1.807, 2.05) is 0 Å². The van der Waals surface area contributed by atoms with Gasteiger partial charge in [-0.05, 0) is 12.1 Å². The Balaban J connectivity index is 2.28. The molecule has 0 saturated carbocycles. The Kier molecular flexibility index (Phi) is 3.54. The van der Waals surface area contributed by atoms with Gasteiger partial charge >= 0.3 is 0 Å². The maximum Gasteiger partial charge on any atom is 0.267 e. The zero-order chi connectivity index (χ0) is 13.0. The third-order valence-electron chi connectivity index (χ3n) is 2.35. The molecule has 0 spiro atoms. The summed E-state index contributed by atoms with van der Waals surface area (Å²) in [5, 5.41) is 9.17. The van der Waals surface area contributed by atoms with E-state index < -0.39 is 5.91 Å². The van der Waals surface area contributed by atoms with Crippen molar-refractivity contribution in [2.24, 2.45) is 5.73 Å². The first-order valence-electron chi connectivity index (χ1n) is 5.33. The molecule has 2 rings (SSSR count). The van der Waals surface area contributed by atoms with Crippen LogP contribution in [0.25, 0.3) is 0 Å². The molecule has 1 aromatic carbocycles. The van der Waals surface area contributed by atoms with Crippen molar-refractivity contribution in [3.63, 3.8) is 0 Å². The van der Waals surface area contributed by atoms with Crippen LogP contribution in [0.5, 0.6) is 11.5 Å². The van der Waals surface area contributed by atoms with Crippen molar-refractivity contribution in [2.75, 3.05) is 0 Å². The number of hydrogen-bond donors (Lipinski definition) is 2. The summed E-state index contributed by atoms with van der Waals surface area (Å²) in [6.07, 6.45) is 1.44. The smallest absolute Gasteiger partial charge is 0.267 e. The Morgan fingerprint density at radius 1 is 1.33 bits per heavy atom. The Bertz CT molecular complexity index is 570. The summed E-state index contributed by atoms with van der Waals surface area (Å²) in [6.45, 7) is -0.121. The van der Waals surface area contributed by atoms with Crippen molar-refractivity contribution in [3.05, 3.63) is 53.9 Å². The molecule has 1 heterocycles. The van der Waals surface area contributed by atoms with Gasteiger partial charge in [0.25, 0.3) is 5.91 Å². The predicted octanol–water partition coefficient (Wildman–Crippen LogP) is 1.47. The highest BCUT2D eigenvalue weighted by Gasteiger charge is 2.06. The molecule has 0 unspecified atom stereocenters. The average molecular weight is 244 g/mol. The summed E-state index contributed by atoms with van der Waals surface area (Å²) in [6, 6.07) is 10.2. The number of carbonyl (C=O) groups excluding carboxylic acids is 1. The molecule has 18 heavy (non-hydrogen) atoms. The first-order valence-corrected chi connectivity index (χ1v) is 5.33. The standard InChI is InChI=1S/C13H12N2O3/c14-13(17)11-7-10(5-6-15-11)18-12-4-2-1-3-9(12)8-16/h1-7,16H,8H2,(H2,14,17). The van der Waals surface area contributed by atoms with Gasteiger partial charge < -0.3 is 15.6 Å². The zero-order valence-corrected chi connectivity index (χ0v) is 9.54. The summed E-state index contributed by atoms with van der Waals surface area (Å²) in [5.74, 6) is 0.359. The average Bonchev–Trinajstić information content (AvgIpc) is 2.39. The molecule has 0 aliphatic carbocycles. The molecular weight excluding hydrogens is 232 g/mol. The van der Waals surface area contributed by atoms with Crippen molar-refractivity contribution < 1.29 is 14.6 Å². The van der Waals surface area contributed by atoms with Crippen LogP contribution in [0.15, 0.2) is 42.6 Å². The second-order valence-electron chi connectivity index (χ2n) is 3.61. The molecular formula is C13H12N2O3. The van der Waals surface area contributed by atoms with Crippen molar-refractivity contribution in [1.82, 2.24) is 4.98 Å². The highest BCUT2D eigenvalue weighted by molar-refractivity contribution is 5.91. The lowest BCUT2D eigenvalue weighted by Gasteiger charge is -2.09. The molecule has 0 radical (unpaired) electrons. The minimum absolute atomic E-state index is 0.121. The summed E-state index contributed by atoms with van der Waals surface area (Å²) < 4.78 is 5.58. The van der Waals surface area contributed by atoms with E-state index >= 15 is 0 Å². The number of aliphatic hydroxyl groups excluding tert-OH is 1. The molecule has 1 amide bonds. The first-order chi connectivity index (χ1) is 8.70. The van der Waals surface area contributed by atoms with Gasteiger partial charge in [0.2, 0.25) is 0 Å². The van der Waals surface area contributed by atoms with E-state index in [-0.39, 0.29) is 12.3 Å². The summed E-state index contributed by atoms with van der Waals surface area (Å²) >= 11 is 0. The quantitative estimate of drug-likeness (QED) is 0.852. The van der Waals surface area contributed by atoms with E-state index in [0.29, 0.717) is 17.1 Å². The predicted molar refractivity (Wildman–Crippen MR) is 65.2 cm³/mol. The van der Waals surface area contributed by atoms with Crippen LogP contribution in [0.3, 0.4) is 0 Å². The molecule has 5 nitrogen and oxygen atoms in total. The maximum absolute atomic E-state index is 11.0. The molecule has 0 fully saturated rings. The Labute approximate surface area is 104 Å². The van der Waals surface area contributed by atoms with Gasteiger partial charge in [0, 0.05) is 17.8 Å². The number of rotatable bonds is 4. The summed E-state index contributed by atoms with van der Waals surface area (Å²) in [7, 11) is 0. The number of nitrogens with two attached hydrogens (primary N) is 1. The number of hydrogen-bond acceptors (Lipinski definition) is 4. The molecule has 2 aromatic rings. The number of benzene rings is 1. The van der Waals surface area contributed by atoms with Gasteiger partial charge in [-0.3, -0.25) is 9.78 Å². The van der Waals surface area contributed by atoms with Crippen LogP contribution in [-0.4, -0.2) is 16.0 Å². The number of primary amides is 1. The van der Waals surface area contributed by atoms with Crippen LogP contribution in [0, 0.1) is 0 Å². The monoisotopic (exact) mass is 244 g/mol. The summed E-state index contributed by atoms with van der Waals surface area (Å²) in [5.41, 5.74) is 5.93. The van der Waals surface area contributed by atoms with Crippen LogP contribution >= 0.6 is 0 Å². The SMILES string of the molecule is NC(=O)c1cc(Oc2ccccc2CO)ccn1. The number of amides is 1. The molecule has 0 saturated heterocycles. The molecule has 0 atom stereocenters. The van der Waals surface area contributed by atoms with Gasteiger partial charge in [0.1, 0.15) is 17.2 Å². The van der Waals surface area contributed by atoms with E-state index in [4.69, 9.17) is 10.5 Å². The fourth-order valence-electron chi connectivity index (χ4n) is 1.47. The number of para-hydroxylation sites is 1. The van der Waals surface area contributed by atoms with E-state index in [9.17, 15) is 9.90 Å². The van der Waals surface area contributed by atoms with E-state index in [1.54, 1.807) is 30.3 Å². The first kappa shape index (κ1) is 12.1. The normalized spacial score (nSPS) is 10.1. The van der Waals surface area contributed by atoms with Gasteiger partial charge in [-0.15, -0.1) is 0 Å². The highest BCUT2D eigenvalue weighted by Crippen LogP contribution is 2.25. The van der Waals surface area contributed by atoms with E-state index in [2.05, 4.69) is 4.98 Å². The van der Waals surface area contributed by atoms with Crippen LogP contribution in [0.1, 0.15) is 16.1 Å². The second-order valence-corrected chi connectivity index (χ2v) is 3.61. The third kappa shape index (κ3) is 2.64. The molecule has 1 aromatic heterocycles. The van der Waals surface area contributed by atoms with Gasteiger partial charge in [-0.2, -0.15) is 0 Å². The summed E-state index contributed by atoms with van der Waals surface area (Å²) in [4.78, 5) is 14.8. The van der Waals surface area contributed by atoms with E-state index in [1.165, 1.54) is 12.3 Å². The van der Waals surface area contributed by atoms with E-state index in [0.717, 1.165) is 0 Å². The van der Waals surface area contributed by atoms with Crippen LogP contribution in [0.4, 0.5) is 0 Å². The number of aliphatic hydroxyl groups is 1. The maximum atomic E-state index is 11.0. The molecule has 5 heteroatoms. The van der Waals surface area contributed by atoms with Crippen LogP contribution in [-0.2, 0) is 6.61 Å². The molecule has 3 N–H and O–H groups in total. The molecule has 92 valence electrons. The molecule has 0 bridgehead atoms. The minimum Gasteiger partial charge on any atom is -0.457 e. The van der Waals surface area contributed by atoms with Gasteiger partial charge in [-0.25, -0.2) is 0 Å². The lowest BCUT2D eigenvalue weighted by molar-refractivity contribution is 0.0995. The fraction of sp³-hybridized carbons (Fsp3) is 0.0769. The van der Waals surface area contributed by atoms with Crippen LogP contribution < -0.4 is 10.5 Å². The molecule has 0 aliphatic rings. The number of ether oxygens (including phenoxy) is 1. The highest BCUT2D eigenvalue weighted by atomic mass is 16.5. The van der Waals surface area contributed by atoms with Crippen molar-refractivity contribution in [1.29, 1.82) is 0 Å². The van der Waals surface area contributed by atoms with Crippen LogP contribution in [0.2, 0.25) is 0 Å². The second kappa shape index (κ2) is 5.29. The zero-order valence-electron chi connectivity index (χ0n) is 9.54. The largest absolute Gasteiger partial charge is 0.457 e. The van der Waals surface area contributed by atoms with Crippen molar-refractivity contribution in [3.8, 4) is 11.5 Å². The fourth-order valence-corrected chi connectivity index (χ4v) is 1.47.